The minimum atomic E-state index is 0.768. The number of nitrogens with zero attached hydrogens (tertiary/aromatic N) is 5. The van der Waals surface area contributed by atoms with E-state index in [0.29, 0.717) is 0 Å². The summed E-state index contributed by atoms with van der Waals surface area (Å²) in [7, 11) is 1.82. The Hall–Kier alpha value is -2.41. The highest BCUT2D eigenvalue weighted by molar-refractivity contribution is 5.79. The van der Waals surface area contributed by atoms with Gasteiger partial charge in [0.05, 0.1) is 0 Å². The second-order valence-electron chi connectivity index (χ2n) is 8.75. The molecule has 2 aliphatic rings. The third kappa shape index (κ3) is 6.29. The first-order valence-electron chi connectivity index (χ1n) is 12.0. The van der Waals surface area contributed by atoms with Gasteiger partial charge in [0.1, 0.15) is 11.6 Å². The summed E-state index contributed by atoms with van der Waals surface area (Å²) in [6.45, 7) is 6.17. The number of fused-ring (bicyclic) bond motifs is 1. The van der Waals surface area contributed by atoms with Crippen molar-refractivity contribution in [3.8, 4) is 0 Å². The van der Waals surface area contributed by atoms with E-state index in [1.165, 1.54) is 62.7 Å². The van der Waals surface area contributed by atoms with Gasteiger partial charge in [-0.15, -0.1) is 10.2 Å². The fraction of sp³-hybridized carbons (Fsp3) is 0.625. The molecule has 2 aromatic rings. The number of benzene rings is 1. The SMILES string of the molecule is CN=C(NCCc1nnc2n1CCCCC2)NCc1ccc(CN2CCCCC2)cc1. The fourth-order valence-corrected chi connectivity index (χ4v) is 4.57. The van der Waals surface area contributed by atoms with E-state index >= 15 is 0 Å². The van der Waals surface area contributed by atoms with Crippen molar-refractivity contribution in [2.24, 2.45) is 4.99 Å². The highest BCUT2D eigenvalue weighted by Crippen LogP contribution is 2.15. The predicted molar refractivity (Wildman–Crippen MR) is 125 cm³/mol. The average molecular weight is 424 g/mol. The van der Waals surface area contributed by atoms with Gasteiger partial charge in [0.25, 0.3) is 0 Å². The third-order valence-electron chi connectivity index (χ3n) is 6.39. The molecule has 7 nitrogen and oxygen atoms in total. The smallest absolute Gasteiger partial charge is 0.191 e. The molecule has 0 radical (unpaired) electrons. The van der Waals surface area contributed by atoms with Crippen molar-refractivity contribution >= 4 is 5.96 Å². The summed E-state index contributed by atoms with van der Waals surface area (Å²) in [5.74, 6) is 3.07. The van der Waals surface area contributed by atoms with Gasteiger partial charge in [-0.3, -0.25) is 9.89 Å². The van der Waals surface area contributed by atoms with Crippen molar-refractivity contribution in [2.75, 3.05) is 26.7 Å². The molecule has 1 saturated heterocycles. The summed E-state index contributed by atoms with van der Waals surface area (Å²) in [6, 6.07) is 8.98. The highest BCUT2D eigenvalue weighted by atomic mass is 15.3. The lowest BCUT2D eigenvalue weighted by Crippen LogP contribution is -2.38. The molecule has 0 bridgehead atoms. The van der Waals surface area contributed by atoms with Crippen LogP contribution in [0.2, 0.25) is 0 Å². The van der Waals surface area contributed by atoms with Crippen LogP contribution < -0.4 is 10.6 Å². The van der Waals surface area contributed by atoms with E-state index in [1.807, 2.05) is 7.05 Å². The Labute approximate surface area is 186 Å². The minimum absolute atomic E-state index is 0.768. The molecule has 2 aliphatic heterocycles. The first-order chi connectivity index (χ1) is 15.3. The van der Waals surface area contributed by atoms with E-state index in [2.05, 4.69) is 59.6 Å². The van der Waals surface area contributed by atoms with Crippen LogP contribution in [-0.4, -0.2) is 52.3 Å². The summed E-state index contributed by atoms with van der Waals surface area (Å²) in [5.41, 5.74) is 2.67. The molecule has 1 aromatic heterocycles. The Balaban J connectivity index is 1.20. The van der Waals surface area contributed by atoms with Gasteiger partial charge in [-0.1, -0.05) is 37.1 Å². The Morgan fingerprint density at radius 3 is 2.45 bits per heavy atom. The number of likely N-dealkylation sites (tertiary alicyclic amines) is 1. The monoisotopic (exact) mass is 423 g/mol. The average Bonchev–Trinajstić information content (AvgIpc) is 3.03. The molecule has 2 N–H and O–H groups in total. The second kappa shape index (κ2) is 11.3. The number of nitrogens with one attached hydrogen (secondary N) is 2. The van der Waals surface area contributed by atoms with Gasteiger partial charge >= 0.3 is 0 Å². The van der Waals surface area contributed by atoms with Gasteiger partial charge in [0, 0.05) is 46.1 Å². The molecule has 1 fully saturated rings. The molecule has 0 spiro atoms. The number of hydrogen-bond acceptors (Lipinski definition) is 4. The maximum Gasteiger partial charge on any atom is 0.191 e. The molecule has 4 rings (SSSR count). The zero-order valence-corrected chi connectivity index (χ0v) is 18.9. The van der Waals surface area contributed by atoms with Gasteiger partial charge in [0.15, 0.2) is 5.96 Å². The molecule has 0 amide bonds. The summed E-state index contributed by atoms with van der Waals surface area (Å²) >= 11 is 0. The number of piperidine rings is 1. The lowest BCUT2D eigenvalue weighted by Gasteiger charge is -2.26. The van der Waals surface area contributed by atoms with Crippen molar-refractivity contribution in [2.45, 2.75) is 71.0 Å². The number of hydrogen-bond donors (Lipinski definition) is 2. The van der Waals surface area contributed by atoms with Crippen molar-refractivity contribution in [1.29, 1.82) is 0 Å². The lowest BCUT2D eigenvalue weighted by atomic mass is 10.1. The van der Waals surface area contributed by atoms with Crippen LogP contribution in [0.5, 0.6) is 0 Å². The molecule has 0 aliphatic carbocycles. The Morgan fingerprint density at radius 2 is 1.65 bits per heavy atom. The van der Waals surface area contributed by atoms with E-state index in [4.69, 9.17) is 0 Å². The van der Waals surface area contributed by atoms with E-state index in [-0.39, 0.29) is 0 Å². The zero-order valence-electron chi connectivity index (χ0n) is 18.9. The Bertz CT molecular complexity index is 834. The van der Waals surface area contributed by atoms with Gasteiger partial charge in [-0.25, -0.2) is 0 Å². The van der Waals surface area contributed by atoms with Crippen LogP contribution >= 0.6 is 0 Å². The predicted octanol–water partition coefficient (Wildman–Crippen LogP) is 2.90. The third-order valence-corrected chi connectivity index (χ3v) is 6.39. The molecule has 0 saturated carbocycles. The van der Waals surface area contributed by atoms with Crippen LogP contribution in [0, 0.1) is 0 Å². The number of guanidine groups is 1. The topological polar surface area (TPSA) is 70.4 Å². The standard InChI is InChI=1S/C24H37N7/c1-25-24(26-14-13-23-29-28-22-8-4-2-7-17-31(22)23)27-18-20-9-11-21(12-10-20)19-30-15-5-3-6-16-30/h9-12H,2-8,13-19H2,1H3,(H2,25,26,27). The van der Waals surface area contributed by atoms with Crippen molar-refractivity contribution in [3.63, 3.8) is 0 Å². The molecule has 3 heterocycles. The molecular weight excluding hydrogens is 386 g/mol. The fourth-order valence-electron chi connectivity index (χ4n) is 4.57. The first-order valence-corrected chi connectivity index (χ1v) is 12.0. The number of rotatable bonds is 7. The van der Waals surface area contributed by atoms with Crippen LogP contribution in [0.25, 0.3) is 0 Å². The summed E-state index contributed by atoms with van der Waals surface area (Å²) < 4.78 is 2.32. The minimum Gasteiger partial charge on any atom is -0.356 e. The lowest BCUT2D eigenvalue weighted by molar-refractivity contribution is 0.221. The van der Waals surface area contributed by atoms with Crippen molar-refractivity contribution < 1.29 is 0 Å². The van der Waals surface area contributed by atoms with E-state index < -0.39 is 0 Å². The maximum atomic E-state index is 4.41. The van der Waals surface area contributed by atoms with E-state index in [9.17, 15) is 0 Å². The summed E-state index contributed by atoms with van der Waals surface area (Å²) in [4.78, 5) is 6.93. The Morgan fingerprint density at radius 1 is 0.903 bits per heavy atom. The van der Waals surface area contributed by atoms with E-state index in [0.717, 1.165) is 56.6 Å². The zero-order chi connectivity index (χ0) is 21.3. The largest absolute Gasteiger partial charge is 0.356 e. The highest BCUT2D eigenvalue weighted by Gasteiger charge is 2.14. The molecule has 31 heavy (non-hydrogen) atoms. The van der Waals surface area contributed by atoms with Gasteiger partial charge in [-0.05, 0) is 49.9 Å². The number of aliphatic imine (C=N–C) groups is 1. The molecule has 0 atom stereocenters. The second-order valence-corrected chi connectivity index (χ2v) is 8.75. The number of aryl methyl sites for hydroxylation is 1. The van der Waals surface area contributed by atoms with Crippen LogP contribution in [-0.2, 0) is 32.5 Å². The summed E-state index contributed by atoms with van der Waals surface area (Å²) in [6.07, 6.45) is 9.73. The molecule has 7 heteroatoms. The number of aromatic nitrogens is 3. The molecule has 1 aromatic carbocycles. The van der Waals surface area contributed by atoms with Crippen molar-refractivity contribution in [1.82, 2.24) is 30.3 Å². The van der Waals surface area contributed by atoms with Crippen LogP contribution in [0.15, 0.2) is 29.3 Å². The van der Waals surface area contributed by atoms with Crippen LogP contribution in [0.4, 0.5) is 0 Å². The van der Waals surface area contributed by atoms with Gasteiger partial charge in [0.2, 0.25) is 0 Å². The summed E-state index contributed by atoms with van der Waals surface area (Å²) in [5, 5.41) is 15.6. The van der Waals surface area contributed by atoms with Crippen LogP contribution in [0.3, 0.4) is 0 Å². The normalized spacial score (nSPS) is 17.8. The maximum absolute atomic E-state index is 4.41. The Kier molecular flexibility index (Phi) is 7.93. The van der Waals surface area contributed by atoms with Gasteiger partial charge < -0.3 is 15.2 Å². The van der Waals surface area contributed by atoms with Gasteiger partial charge in [-0.2, -0.15) is 0 Å². The van der Waals surface area contributed by atoms with Crippen molar-refractivity contribution in [3.05, 3.63) is 47.0 Å². The van der Waals surface area contributed by atoms with E-state index in [1.54, 1.807) is 0 Å². The van der Waals surface area contributed by atoms with Crippen LogP contribution in [0.1, 0.15) is 61.3 Å². The molecular formula is C24H37N7. The molecule has 168 valence electrons. The molecule has 0 unspecified atom stereocenters. The first kappa shape index (κ1) is 21.8. The quantitative estimate of drug-likeness (QED) is 0.529.